The van der Waals surface area contributed by atoms with Gasteiger partial charge in [-0.1, -0.05) is 19.9 Å². The third-order valence-corrected chi connectivity index (χ3v) is 5.78. The van der Waals surface area contributed by atoms with Gasteiger partial charge in [0.2, 0.25) is 0 Å². The number of benzene rings is 1. The maximum Gasteiger partial charge on any atom is 0.257 e. The van der Waals surface area contributed by atoms with Gasteiger partial charge in [0.05, 0.1) is 13.7 Å². The molecule has 1 saturated carbocycles. The van der Waals surface area contributed by atoms with Crippen LogP contribution in [0.25, 0.3) is 0 Å². The molecule has 1 amide bonds. The number of carbonyl (C=O) groups excluding carboxylic acids is 1. The number of guanidine groups is 1. The molecule has 32 heavy (non-hydrogen) atoms. The number of hydrogen-bond donors (Lipinski definition) is 3. The van der Waals surface area contributed by atoms with Gasteiger partial charge >= 0.3 is 0 Å². The Balaban J connectivity index is 0.00000512. The van der Waals surface area contributed by atoms with Crippen molar-refractivity contribution in [2.45, 2.75) is 66.0 Å². The fourth-order valence-electron chi connectivity index (χ4n) is 3.94. The van der Waals surface area contributed by atoms with E-state index in [0.29, 0.717) is 30.6 Å². The Bertz CT molecular complexity index is 719. The number of methoxy groups -OCH3 is 1. The fourth-order valence-corrected chi connectivity index (χ4v) is 3.94. The molecule has 0 heterocycles. The van der Waals surface area contributed by atoms with E-state index in [4.69, 9.17) is 14.5 Å². The summed E-state index contributed by atoms with van der Waals surface area (Å²) in [4.78, 5) is 16.4. The van der Waals surface area contributed by atoms with Crippen molar-refractivity contribution in [1.82, 2.24) is 16.0 Å². The molecular formula is C24H41IN4O3. The van der Waals surface area contributed by atoms with Crippen LogP contribution in [-0.2, 0) is 11.3 Å². The van der Waals surface area contributed by atoms with Gasteiger partial charge in [-0.15, -0.1) is 24.0 Å². The number of carbonyl (C=O) groups is 1. The van der Waals surface area contributed by atoms with E-state index in [1.54, 1.807) is 7.11 Å². The van der Waals surface area contributed by atoms with Crippen LogP contribution >= 0.6 is 24.0 Å². The normalized spacial score (nSPS) is 18.5. The van der Waals surface area contributed by atoms with Crippen molar-refractivity contribution in [3.8, 4) is 11.5 Å². The van der Waals surface area contributed by atoms with E-state index in [-0.39, 0.29) is 36.5 Å². The first-order chi connectivity index (χ1) is 15.0. The highest BCUT2D eigenvalue weighted by Crippen LogP contribution is 2.30. The van der Waals surface area contributed by atoms with Crippen molar-refractivity contribution in [2.75, 3.05) is 26.8 Å². The second kappa shape index (κ2) is 15.2. The van der Waals surface area contributed by atoms with Crippen LogP contribution < -0.4 is 25.4 Å². The van der Waals surface area contributed by atoms with Gasteiger partial charge in [-0.3, -0.25) is 4.79 Å². The average molecular weight is 561 g/mol. The van der Waals surface area contributed by atoms with Crippen LogP contribution in [0.15, 0.2) is 23.2 Å². The van der Waals surface area contributed by atoms with Crippen molar-refractivity contribution in [3.63, 3.8) is 0 Å². The first kappa shape index (κ1) is 28.3. The van der Waals surface area contributed by atoms with Gasteiger partial charge in [-0.2, -0.15) is 0 Å². The Morgan fingerprint density at radius 2 is 1.78 bits per heavy atom. The topological polar surface area (TPSA) is 84.0 Å². The summed E-state index contributed by atoms with van der Waals surface area (Å²) >= 11 is 0. The van der Waals surface area contributed by atoms with Gasteiger partial charge in [0, 0.05) is 19.1 Å². The predicted octanol–water partition coefficient (Wildman–Crippen LogP) is 4.10. The molecule has 1 aliphatic rings. The number of hydrogen-bond acceptors (Lipinski definition) is 4. The van der Waals surface area contributed by atoms with Crippen LogP contribution in [0.3, 0.4) is 0 Å². The van der Waals surface area contributed by atoms with Crippen molar-refractivity contribution >= 4 is 35.8 Å². The molecule has 0 aliphatic heterocycles. The molecule has 0 atom stereocenters. The monoisotopic (exact) mass is 560 g/mol. The van der Waals surface area contributed by atoms with E-state index in [9.17, 15) is 4.79 Å². The first-order valence-corrected chi connectivity index (χ1v) is 11.6. The van der Waals surface area contributed by atoms with Gasteiger partial charge in [0.1, 0.15) is 0 Å². The van der Waals surface area contributed by atoms with Crippen molar-refractivity contribution in [2.24, 2.45) is 16.8 Å². The van der Waals surface area contributed by atoms with Gasteiger partial charge in [-0.25, -0.2) is 4.99 Å². The van der Waals surface area contributed by atoms with Gasteiger partial charge in [-0.05, 0) is 69.1 Å². The number of amides is 1. The lowest BCUT2D eigenvalue weighted by Crippen LogP contribution is -2.45. The molecule has 1 fully saturated rings. The minimum atomic E-state index is -0.151. The average Bonchev–Trinajstić information content (AvgIpc) is 2.77. The zero-order chi connectivity index (χ0) is 22.6. The molecule has 3 N–H and O–H groups in total. The standard InChI is InChI=1S/C24H40N4O3.HI/c1-6-25-23(29)16-31-21-13-8-18(14-22(21)30-5)15-27-24(26-7-2)28-20-11-9-19(10-12-20)17(3)4;/h8,13-14,17,19-20H,6-7,9-12,15-16H2,1-5H3,(H,25,29)(H2,26,27,28);1H. The summed E-state index contributed by atoms with van der Waals surface area (Å²) in [5.41, 5.74) is 1.02. The molecule has 0 spiro atoms. The molecule has 0 bridgehead atoms. The van der Waals surface area contributed by atoms with Crippen LogP contribution in [0.1, 0.15) is 58.9 Å². The zero-order valence-corrected chi connectivity index (χ0v) is 22.5. The molecular weight excluding hydrogens is 519 g/mol. The zero-order valence-electron chi connectivity index (χ0n) is 20.2. The summed E-state index contributed by atoms with van der Waals surface area (Å²) in [5.74, 6) is 3.47. The smallest absolute Gasteiger partial charge is 0.257 e. The van der Waals surface area contributed by atoms with Gasteiger partial charge in [0.15, 0.2) is 24.1 Å². The van der Waals surface area contributed by atoms with Crippen LogP contribution in [-0.4, -0.2) is 44.7 Å². The molecule has 7 nitrogen and oxygen atoms in total. The largest absolute Gasteiger partial charge is 0.493 e. The van der Waals surface area contributed by atoms with Crippen LogP contribution in [0.2, 0.25) is 0 Å². The van der Waals surface area contributed by atoms with Crippen LogP contribution in [0.5, 0.6) is 11.5 Å². The summed E-state index contributed by atoms with van der Waals surface area (Å²) in [6.07, 6.45) is 4.95. The molecule has 8 heteroatoms. The number of rotatable bonds is 10. The number of likely N-dealkylation sites (N-methyl/N-ethyl adjacent to an activating group) is 1. The summed E-state index contributed by atoms with van der Waals surface area (Å²) < 4.78 is 11.0. The number of halogens is 1. The van der Waals surface area contributed by atoms with Gasteiger partial charge < -0.3 is 25.4 Å². The molecule has 0 aromatic heterocycles. The first-order valence-electron chi connectivity index (χ1n) is 11.6. The number of nitrogens with zero attached hydrogens (tertiary/aromatic N) is 1. The van der Waals surface area contributed by atoms with Crippen molar-refractivity contribution in [1.29, 1.82) is 0 Å². The van der Waals surface area contributed by atoms with E-state index in [0.717, 1.165) is 29.9 Å². The second-order valence-electron chi connectivity index (χ2n) is 8.42. The van der Waals surface area contributed by atoms with Crippen LogP contribution in [0, 0.1) is 11.8 Å². The van der Waals surface area contributed by atoms with E-state index < -0.39 is 0 Å². The quantitative estimate of drug-likeness (QED) is 0.228. The lowest BCUT2D eigenvalue weighted by molar-refractivity contribution is -0.123. The molecule has 1 aromatic carbocycles. The maximum atomic E-state index is 11.6. The predicted molar refractivity (Wildman–Crippen MR) is 141 cm³/mol. The summed E-state index contributed by atoms with van der Waals surface area (Å²) in [7, 11) is 1.60. The number of nitrogens with one attached hydrogen (secondary N) is 3. The number of ether oxygens (including phenoxy) is 2. The minimum absolute atomic E-state index is 0. The van der Waals surface area contributed by atoms with Gasteiger partial charge in [0.25, 0.3) is 5.91 Å². The molecule has 0 unspecified atom stereocenters. The summed E-state index contributed by atoms with van der Waals surface area (Å²) in [6, 6.07) is 6.17. The summed E-state index contributed by atoms with van der Waals surface area (Å²) in [6.45, 7) is 10.5. The molecule has 182 valence electrons. The SMILES string of the molecule is CCNC(=O)COc1ccc(CN=C(NCC)NC2CCC(C(C)C)CC2)cc1OC.I. The Labute approximate surface area is 210 Å². The molecule has 1 aliphatic carbocycles. The minimum Gasteiger partial charge on any atom is -0.493 e. The molecule has 0 saturated heterocycles. The molecule has 0 radical (unpaired) electrons. The Hall–Kier alpha value is -1.71. The fraction of sp³-hybridized carbons (Fsp3) is 0.667. The third-order valence-electron chi connectivity index (χ3n) is 5.78. The lowest BCUT2D eigenvalue weighted by atomic mass is 9.80. The van der Waals surface area contributed by atoms with E-state index >= 15 is 0 Å². The molecule has 2 rings (SSSR count). The van der Waals surface area contributed by atoms with E-state index in [1.807, 2.05) is 25.1 Å². The Kier molecular flexibility index (Phi) is 13.4. The van der Waals surface area contributed by atoms with Crippen LogP contribution in [0.4, 0.5) is 0 Å². The van der Waals surface area contributed by atoms with E-state index in [1.165, 1.54) is 25.7 Å². The Morgan fingerprint density at radius 1 is 1.09 bits per heavy atom. The highest BCUT2D eigenvalue weighted by molar-refractivity contribution is 14.0. The Morgan fingerprint density at radius 3 is 2.38 bits per heavy atom. The highest BCUT2D eigenvalue weighted by Gasteiger charge is 2.23. The maximum absolute atomic E-state index is 11.6. The lowest BCUT2D eigenvalue weighted by Gasteiger charge is -2.32. The van der Waals surface area contributed by atoms with Crippen molar-refractivity contribution < 1.29 is 14.3 Å². The summed E-state index contributed by atoms with van der Waals surface area (Å²) in [5, 5.41) is 9.68. The number of aliphatic imine (C=N–C) groups is 1. The van der Waals surface area contributed by atoms with Crippen molar-refractivity contribution in [3.05, 3.63) is 23.8 Å². The van der Waals surface area contributed by atoms with E-state index in [2.05, 4.69) is 36.7 Å². The molecule has 1 aromatic rings. The second-order valence-corrected chi connectivity index (χ2v) is 8.42. The highest BCUT2D eigenvalue weighted by atomic mass is 127. The third kappa shape index (κ3) is 9.42.